The highest BCUT2D eigenvalue weighted by atomic mass is 35.5. The third-order valence-electron chi connectivity index (χ3n) is 3.06. The smallest absolute Gasteiger partial charge is 0.243 e. The van der Waals surface area contributed by atoms with Crippen molar-refractivity contribution >= 4 is 23.2 Å². The third-order valence-corrected chi connectivity index (χ3v) is 3.77. The van der Waals surface area contributed by atoms with Gasteiger partial charge in [-0.3, -0.25) is 0 Å². The molecule has 0 amide bonds. The lowest BCUT2D eigenvalue weighted by Crippen LogP contribution is -2.11. The van der Waals surface area contributed by atoms with Crippen LogP contribution >= 0.6 is 23.2 Å². The molecule has 1 aromatic heterocycles. The summed E-state index contributed by atoms with van der Waals surface area (Å²) in [6, 6.07) is 5.06. The van der Waals surface area contributed by atoms with Crippen molar-refractivity contribution in [2.45, 2.75) is 25.3 Å². The van der Waals surface area contributed by atoms with Crippen LogP contribution in [0.2, 0.25) is 10.0 Å². The van der Waals surface area contributed by atoms with Gasteiger partial charge in [-0.05, 0) is 30.5 Å². The van der Waals surface area contributed by atoms with Gasteiger partial charge in [-0.1, -0.05) is 34.4 Å². The average molecular weight is 330 g/mol. The minimum Gasteiger partial charge on any atom is -0.385 e. The van der Waals surface area contributed by atoms with E-state index in [1.54, 1.807) is 25.3 Å². The van der Waals surface area contributed by atoms with Crippen molar-refractivity contribution < 1.29 is 9.26 Å². The number of ether oxygens (including phenoxy) is 1. The molecule has 21 heavy (non-hydrogen) atoms. The Kier molecular flexibility index (Phi) is 5.99. The van der Waals surface area contributed by atoms with Gasteiger partial charge in [0.05, 0.1) is 6.04 Å². The monoisotopic (exact) mass is 329 g/mol. The summed E-state index contributed by atoms with van der Waals surface area (Å²) in [6.07, 6.45) is 1.97. The van der Waals surface area contributed by atoms with Crippen LogP contribution in [-0.4, -0.2) is 23.9 Å². The van der Waals surface area contributed by atoms with Gasteiger partial charge in [-0.25, -0.2) is 0 Å². The first-order valence-electron chi connectivity index (χ1n) is 6.61. The summed E-state index contributed by atoms with van der Waals surface area (Å²) in [6.45, 7) is 0.657. The van der Waals surface area contributed by atoms with Crippen LogP contribution in [0, 0.1) is 0 Å². The predicted molar refractivity (Wildman–Crippen MR) is 81.6 cm³/mol. The molecule has 0 radical (unpaired) electrons. The number of hydrogen-bond donors (Lipinski definition) is 1. The number of aromatic nitrogens is 2. The second-order valence-electron chi connectivity index (χ2n) is 4.67. The second kappa shape index (κ2) is 7.75. The Hall–Kier alpha value is -1.14. The van der Waals surface area contributed by atoms with Crippen LogP contribution in [0.4, 0.5) is 0 Å². The number of hydrogen-bond acceptors (Lipinski definition) is 5. The van der Waals surface area contributed by atoms with Crippen LogP contribution < -0.4 is 5.73 Å². The van der Waals surface area contributed by atoms with E-state index in [0.717, 1.165) is 18.4 Å². The number of halogens is 2. The van der Waals surface area contributed by atoms with Gasteiger partial charge in [0.2, 0.25) is 5.89 Å². The average Bonchev–Trinajstić information content (AvgIpc) is 2.92. The van der Waals surface area contributed by atoms with Crippen molar-refractivity contribution in [3.8, 4) is 0 Å². The summed E-state index contributed by atoms with van der Waals surface area (Å²) in [5.74, 6) is 0.937. The van der Waals surface area contributed by atoms with Crippen LogP contribution in [0.15, 0.2) is 22.7 Å². The first-order chi connectivity index (χ1) is 10.1. The maximum absolute atomic E-state index is 6.12. The molecule has 7 heteroatoms. The minimum atomic E-state index is -0.289. The first-order valence-corrected chi connectivity index (χ1v) is 7.37. The fourth-order valence-electron chi connectivity index (χ4n) is 1.92. The molecule has 114 valence electrons. The van der Waals surface area contributed by atoms with Crippen LogP contribution in [0.5, 0.6) is 0 Å². The van der Waals surface area contributed by atoms with Crippen molar-refractivity contribution in [2.24, 2.45) is 5.73 Å². The van der Waals surface area contributed by atoms with Crippen molar-refractivity contribution in [1.82, 2.24) is 10.1 Å². The fourth-order valence-corrected chi connectivity index (χ4v) is 2.45. The normalized spacial score (nSPS) is 12.6. The molecule has 0 spiro atoms. The van der Waals surface area contributed by atoms with E-state index in [1.165, 1.54) is 0 Å². The van der Waals surface area contributed by atoms with E-state index in [4.69, 9.17) is 38.2 Å². The van der Waals surface area contributed by atoms with E-state index < -0.39 is 0 Å². The molecule has 0 fully saturated rings. The van der Waals surface area contributed by atoms with E-state index in [0.29, 0.717) is 34.8 Å². The molecule has 0 saturated heterocycles. The lowest BCUT2D eigenvalue weighted by atomic mass is 10.1. The first kappa shape index (κ1) is 16.2. The van der Waals surface area contributed by atoms with Gasteiger partial charge in [-0.2, -0.15) is 4.98 Å². The Bertz CT molecular complexity index is 569. The molecule has 5 nitrogen and oxygen atoms in total. The molecule has 2 aromatic rings. The molecule has 0 bridgehead atoms. The Morgan fingerprint density at radius 2 is 2.05 bits per heavy atom. The Morgan fingerprint density at radius 3 is 2.71 bits per heavy atom. The van der Waals surface area contributed by atoms with Crippen molar-refractivity contribution in [2.75, 3.05) is 13.7 Å². The lowest BCUT2D eigenvalue weighted by molar-refractivity contribution is 0.188. The summed E-state index contributed by atoms with van der Waals surface area (Å²) < 4.78 is 10.2. The maximum atomic E-state index is 6.12. The molecule has 1 heterocycles. The van der Waals surface area contributed by atoms with E-state index in [-0.39, 0.29) is 6.04 Å². The Morgan fingerprint density at radius 1 is 1.33 bits per heavy atom. The number of nitrogens with zero attached hydrogens (tertiary/aromatic N) is 2. The predicted octanol–water partition coefficient (Wildman–Crippen LogP) is 3.39. The molecule has 1 aromatic carbocycles. The van der Waals surface area contributed by atoms with E-state index >= 15 is 0 Å². The van der Waals surface area contributed by atoms with E-state index in [2.05, 4.69) is 10.1 Å². The molecule has 1 atom stereocenters. The number of methoxy groups -OCH3 is 1. The highest BCUT2D eigenvalue weighted by Gasteiger charge is 2.16. The summed E-state index contributed by atoms with van der Waals surface area (Å²) in [7, 11) is 1.66. The van der Waals surface area contributed by atoms with Crippen molar-refractivity contribution in [1.29, 1.82) is 0 Å². The summed E-state index contributed by atoms with van der Waals surface area (Å²) >= 11 is 12.2. The van der Waals surface area contributed by atoms with Gasteiger partial charge >= 0.3 is 0 Å². The van der Waals surface area contributed by atoms with Gasteiger partial charge in [0.25, 0.3) is 0 Å². The Balaban J connectivity index is 2.03. The molecule has 0 saturated carbocycles. The molecule has 2 N–H and O–H groups in total. The summed E-state index contributed by atoms with van der Waals surface area (Å²) in [4.78, 5) is 4.31. The van der Waals surface area contributed by atoms with Gasteiger partial charge in [0.1, 0.15) is 0 Å². The van der Waals surface area contributed by atoms with Crippen molar-refractivity contribution in [3.05, 3.63) is 45.5 Å². The molecule has 2 rings (SSSR count). The van der Waals surface area contributed by atoms with Gasteiger partial charge in [-0.15, -0.1) is 0 Å². The lowest BCUT2D eigenvalue weighted by Gasteiger charge is -2.05. The van der Waals surface area contributed by atoms with Crippen LogP contribution in [0.1, 0.15) is 36.2 Å². The molecule has 0 aliphatic heterocycles. The molecule has 0 aliphatic carbocycles. The second-order valence-corrected chi connectivity index (χ2v) is 5.48. The number of rotatable bonds is 7. The van der Waals surface area contributed by atoms with E-state index in [9.17, 15) is 0 Å². The van der Waals surface area contributed by atoms with E-state index in [1.807, 2.05) is 0 Å². The number of nitrogens with two attached hydrogens (primary N) is 1. The van der Waals surface area contributed by atoms with Gasteiger partial charge < -0.3 is 15.0 Å². The maximum Gasteiger partial charge on any atom is 0.243 e. The van der Waals surface area contributed by atoms with Crippen LogP contribution in [0.25, 0.3) is 0 Å². The largest absolute Gasteiger partial charge is 0.385 e. The SMILES string of the molecule is COCCCC(N)c1nc(Cc2c(Cl)cccc2Cl)no1. The molecular weight excluding hydrogens is 313 g/mol. The van der Waals surface area contributed by atoms with Crippen molar-refractivity contribution in [3.63, 3.8) is 0 Å². The summed E-state index contributed by atoms with van der Waals surface area (Å²) in [5, 5.41) is 5.09. The zero-order chi connectivity index (χ0) is 15.2. The topological polar surface area (TPSA) is 74.2 Å². The zero-order valence-electron chi connectivity index (χ0n) is 11.7. The van der Waals surface area contributed by atoms with Crippen LogP contribution in [0.3, 0.4) is 0 Å². The minimum absolute atomic E-state index is 0.289. The quantitative estimate of drug-likeness (QED) is 0.788. The molecule has 1 unspecified atom stereocenters. The van der Waals surface area contributed by atoms with Gasteiger partial charge in [0, 0.05) is 30.2 Å². The third kappa shape index (κ3) is 4.41. The molecule has 0 aliphatic rings. The van der Waals surface area contributed by atoms with Crippen LogP contribution in [-0.2, 0) is 11.2 Å². The fraction of sp³-hybridized carbons (Fsp3) is 0.429. The Labute approximate surface area is 133 Å². The highest BCUT2D eigenvalue weighted by Crippen LogP contribution is 2.26. The highest BCUT2D eigenvalue weighted by molar-refractivity contribution is 6.36. The van der Waals surface area contributed by atoms with Gasteiger partial charge in [0.15, 0.2) is 5.82 Å². The molecular formula is C14H17Cl2N3O2. The standard InChI is InChI=1S/C14H17Cl2N3O2/c1-20-7-3-6-12(17)14-18-13(19-21-14)8-9-10(15)4-2-5-11(9)16/h2,4-5,12H,3,6-8,17H2,1H3. The summed E-state index contributed by atoms with van der Waals surface area (Å²) in [5.41, 5.74) is 6.78. The zero-order valence-corrected chi connectivity index (χ0v) is 13.2. The number of benzene rings is 1.